The van der Waals surface area contributed by atoms with E-state index in [1.807, 2.05) is 5.32 Å². The molecule has 3 nitrogen and oxygen atoms in total. The van der Waals surface area contributed by atoms with Gasteiger partial charge >= 0.3 is 12.1 Å². The van der Waals surface area contributed by atoms with Crippen LogP contribution in [0.5, 0.6) is 0 Å². The second-order valence-corrected chi connectivity index (χ2v) is 1.54. The molecule has 0 heterocycles. The smallest absolute Gasteiger partial charge is 0.341 e. The molecule has 6 heteroatoms. The molecule has 0 bridgehead atoms. The first-order chi connectivity index (χ1) is 4.52. The van der Waals surface area contributed by atoms with Gasteiger partial charge in [0, 0.05) is 7.05 Å². The zero-order chi connectivity index (χ0) is 8.20. The minimum absolute atomic E-state index is 1.10. The van der Waals surface area contributed by atoms with Crippen LogP contribution in [0, 0.1) is 0 Å². The van der Waals surface area contributed by atoms with E-state index in [-0.39, 0.29) is 0 Å². The van der Waals surface area contributed by atoms with Gasteiger partial charge in [0.15, 0.2) is 6.67 Å². The Bertz CT molecular complexity index is 128. The van der Waals surface area contributed by atoms with Crippen molar-refractivity contribution in [3.8, 4) is 0 Å². The summed E-state index contributed by atoms with van der Waals surface area (Å²) in [6, 6.07) is -4.87. The number of rotatable bonds is 2. The minimum atomic E-state index is -3.76. The molecule has 0 spiro atoms. The van der Waals surface area contributed by atoms with Crippen molar-refractivity contribution in [2.24, 2.45) is 0 Å². The molecule has 0 aliphatic heterocycles. The van der Waals surface area contributed by atoms with Gasteiger partial charge in [-0.05, 0) is 0 Å². The third-order valence-electron chi connectivity index (χ3n) is 0.691. The summed E-state index contributed by atoms with van der Waals surface area (Å²) in [7, 11) is 1.16. The van der Waals surface area contributed by atoms with Crippen molar-refractivity contribution in [3.05, 3.63) is 0 Å². The molecule has 0 aliphatic carbocycles. The molecule has 0 aromatic rings. The fraction of sp³-hybridized carbons (Fsp3) is 0.750. The number of carbonyl (C=O) groups excluding carboxylic acids is 1. The highest BCUT2D eigenvalue weighted by Gasteiger charge is 2.30. The minimum Gasteiger partial charge on any atom is -0.341 e. The van der Waals surface area contributed by atoms with E-state index < -0.39 is 18.8 Å². The molecule has 0 saturated heterocycles. The number of alkyl halides is 3. The number of hydrogen-bond donors (Lipinski definition) is 2. The second kappa shape index (κ2) is 3.28. The van der Waals surface area contributed by atoms with E-state index in [0.717, 1.165) is 12.4 Å². The second-order valence-electron chi connectivity index (χ2n) is 1.54. The number of nitrogens with one attached hydrogen (secondary N) is 2. The summed E-state index contributed by atoms with van der Waals surface area (Å²) in [5.74, 6) is 0. The van der Waals surface area contributed by atoms with Crippen LogP contribution in [0.2, 0.25) is 0 Å². The lowest BCUT2D eigenvalue weighted by Crippen LogP contribution is -2.46. The zero-order valence-corrected chi connectivity index (χ0v) is 5.25. The summed E-state index contributed by atoms with van der Waals surface area (Å²) in [4.78, 5) is 10.1. The van der Waals surface area contributed by atoms with Gasteiger partial charge < -0.3 is 5.32 Å². The average molecular weight is 156 g/mol. The van der Waals surface area contributed by atoms with Gasteiger partial charge in [0.1, 0.15) is 0 Å². The van der Waals surface area contributed by atoms with Crippen LogP contribution in [0.1, 0.15) is 0 Å². The maximum atomic E-state index is 11.8. The maximum Gasteiger partial charge on any atom is 0.354 e. The number of amides is 2. The Morgan fingerprint density at radius 2 is 2.10 bits per heavy atom. The largest absolute Gasteiger partial charge is 0.354 e. The van der Waals surface area contributed by atoms with Crippen LogP contribution < -0.4 is 10.6 Å². The molecule has 10 heavy (non-hydrogen) atoms. The number of hydrogen-bond acceptors (Lipinski definition) is 1. The Kier molecular flexibility index (Phi) is 2.98. The summed E-state index contributed by atoms with van der Waals surface area (Å²) in [5, 5.41) is 2.96. The number of urea groups is 1. The molecule has 2 N–H and O–H groups in total. The van der Waals surface area contributed by atoms with E-state index in [1.54, 1.807) is 0 Å². The van der Waals surface area contributed by atoms with Gasteiger partial charge in [0.2, 0.25) is 0 Å². The fourth-order valence-electron chi connectivity index (χ4n) is 0.262. The Morgan fingerprint density at radius 1 is 1.60 bits per heavy atom. The molecule has 0 aromatic carbocycles. The van der Waals surface area contributed by atoms with E-state index in [9.17, 15) is 18.0 Å². The number of halogens is 3. The third kappa shape index (κ3) is 3.16. The first kappa shape index (κ1) is 9.06. The standard InChI is InChI=1S/C4H7F3N2O/c1-8-3(10)9-4(6,7)2-5/h2H2,1H3,(H2,8,9,10). The van der Waals surface area contributed by atoms with Gasteiger partial charge in [0.25, 0.3) is 0 Å². The van der Waals surface area contributed by atoms with Crippen LogP contribution in [-0.4, -0.2) is 25.8 Å². The van der Waals surface area contributed by atoms with Gasteiger partial charge in [-0.15, -0.1) is 0 Å². The Hall–Kier alpha value is -0.940. The highest BCUT2D eigenvalue weighted by atomic mass is 19.3. The summed E-state index contributed by atoms with van der Waals surface area (Å²) in [6.45, 7) is -1.90. The van der Waals surface area contributed by atoms with Crippen molar-refractivity contribution in [1.82, 2.24) is 10.6 Å². The normalized spacial score (nSPS) is 10.8. The van der Waals surface area contributed by atoms with E-state index in [0.29, 0.717) is 0 Å². The molecule has 0 fully saturated rings. The first-order valence-corrected chi connectivity index (χ1v) is 2.45. The molecule has 0 unspecified atom stereocenters. The lowest BCUT2D eigenvalue weighted by molar-refractivity contribution is -0.0426. The van der Waals surface area contributed by atoms with Crippen molar-refractivity contribution in [3.63, 3.8) is 0 Å². The van der Waals surface area contributed by atoms with E-state index in [2.05, 4.69) is 0 Å². The quantitative estimate of drug-likeness (QED) is 0.561. The van der Waals surface area contributed by atoms with E-state index in [1.165, 1.54) is 0 Å². The number of carbonyl (C=O) groups is 1. The average Bonchev–Trinajstić information content (AvgIpc) is 1.87. The lowest BCUT2D eigenvalue weighted by atomic mass is 10.6. The molecule has 2 amide bonds. The molecule has 0 rings (SSSR count). The summed E-state index contributed by atoms with van der Waals surface area (Å²) >= 11 is 0. The third-order valence-corrected chi connectivity index (χ3v) is 0.691. The summed E-state index contributed by atoms with van der Waals surface area (Å²) in [6.07, 6.45) is 0. The maximum absolute atomic E-state index is 11.8. The molecule has 0 aliphatic rings. The molecular weight excluding hydrogens is 149 g/mol. The van der Waals surface area contributed by atoms with Crippen molar-refractivity contribution >= 4 is 6.03 Å². The molecule has 0 atom stereocenters. The molecule has 60 valence electrons. The van der Waals surface area contributed by atoms with Gasteiger partial charge in [0.05, 0.1) is 0 Å². The van der Waals surface area contributed by atoms with Crippen LogP contribution in [0.4, 0.5) is 18.0 Å². The highest BCUT2D eigenvalue weighted by Crippen LogP contribution is 2.07. The van der Waals surface area contributed by atoms with Crippen molar-refractivity contribution < 1.29 is 18.0 Å². The van der Waals surface area contributed by atoms with Crippen LogP contribution in [0.25, 0.3) is 0 Å². The lowest BCUT2D eigenvalue weighted by Gasteiger charge is -2.12. The van der Waals surface area contributed by atoms with Gasteiger partial charge in [-0.1, -0.05) is 0 Å². The zero-order valence-electron chi connectivity index (χ0n) is 5.25. The fourth-order valence-corrected chi connectivity index (χ4v) is 0.262. The van der Waals surface area contributed by atoms with Crippen LogP contribution in [0.15, 0.2) is 0 Å². The Labute approximate surface area is 55.6 Å². The van der Waals surface area contributed by atoms with Crippen molar-refractivity contribution in [2.45, 2.75) is 6.05 Å². The Morgan fingerprint density at radius 3 is 2.40 bits per heavy atom. The van der Waals surface area contributed by atoms with Gasteiger partial charge in [-0.3, -0.25) is 5.32 Å². The van der Waals surface area contributed by atoms with E-state index in [4.69, 9.17) is 0 Å². The molecule has 0 saturated carbocycles. The topological polar surface area (TPSA) is 41.1 Å². The van der Waals surface area contributed by atoms with Crippen molar-refractivity contribution in [2.75, 3.05) is 13.7 Å². The van der Waals surface area contributed by atoms with Gasteiger partial charge in [-0.25, -0.2) is 9.18 Å². The summed E-state index contributed by atoms with van der Waals surface area (Å²) in [5.41, 5.74) is 0. The van der Waals surface area contributed by atoms with Crippen LogP contribution in [0.3, 0.4) is 0 Å². The van der Waals surface area contributed by atoms with Gasteiger partial charge in [-0.2, -0.15) is 8.78 Å². The predicted molar refractivity (Wildman–Crippen MR) is 28.5 cm³/mol. The highest BCUT2D eigenvalue weighted by molar-refractivity contribution is 5.73. The van der Waals surface area contributed by atoms with Crippen LogP contribution in [-0.2, 0) is 0 Å². The van der Waals surface area contributed by atoms with Crippen LogP contribution >= 0.6 is 0 Å². The van der Waals surface area contributed by atoms with Crippen molar-refractivity contribution in [1.29, 1.82) is 0 Å². The Balaban J connectivity index is 3.76. The molecule has 0 radical (unpaired) electrons. The van der Waals surface area contributed by atoms with E-state index >= 15 is 0 Å². The SMILES string of the molecule is CNC(=O)NC(F)(F)CF. The molecular formula is C4H7F3N2O. The first-order valence-electron chi connectivity index (χ1n) is 2.45. The predicted octanol–water partition coefficient (Wildman–Crippen LogP) is 0.478. The summed E-state index contributed by atoms with van der Waals surface area (Å²) < 4.78 is 35.0. The monoisotopic (exact) mass is 156 g/mol. The molecule has 0 aromatic heterocycles.